The molecule has 0 aliphatic carbocycles. The SMILES string of the molecule is Oc1cc(Cl)cc(Oc2cc(Cl)cc(Cl)c2)c1. The second kappa shape index (κ2) is 5.05. The first-order chi connectivity index (χ1) is 8.02. The summed E-state index contributed by atoms with van der Waals surface area (Å²) in [6.07, 6.45) is 0. The van der Waals surface area contributed by atoms with Crippen molar-refractivity contribution in [2.24, 2.45) is 0 Å². The van der Waals surface area contributed by atoms with Crippen LogP contribution in [0, 0.1) is 0 Å². The standard InChI is InChI=1S/C12H7Cl3O2/c13-7-1-8(14)4-11(3-7)17-12-5-9(15)2-10(16)6-12/h1-6,16H. The molecule has 0 aliphatic heterocycles. The number of phenolic OH excluding ortho intramolecular Hbond substituents is 1. The monoisotopic (exact) mass is 288 g/mol. The summed E-state index contributed by atoms with van der Waals surface area (Å²) in [7, 11) is 0. The molecule has 0 bridgehead atoms. The Labute approximate surface area is 113 Å². The zero-order chi connectivity index (χ0) is 12.4. The van der Waals surface area contributed by atoms with Gasteiger partial charge in [-0.2, -0.15) is 0 Å². The number of aromatic hydroxyl groups is 1. The van der Waals surface area contributed by atoms with Crippen LogP contribution in [-0.4, -0.2) is 5.11 Å². The van der Waals surface area contributed by atoms with Crippen molar-refractivity contribution in [2.45, 2.75) is 0 Å². The molecular formula is C12H7Cl3O2. The Morgan fingerprint density at radius 2 is 1.18 bits per heavy atom. The van der Waals surface area contributed by atoms with E-state index in [0.717, 1.165) is 0 Å². The van der Waals surface area contributed by atoms with E-state index in [-0.39, 0.29) is 5.75 Å². The topological polar surface area (TPSA) is 29.5 Å². The van der Waals surface area contributed by atoms with E-state index in [2.05, 4.69) is 0 Å². The van der Waals surface area contributed by atoms with Gasteiger partial charge in [-0.05, 0) is 30.3 Å². The molecule has 0 amide bonds. The molecule has 0 heterocycles. The van der Waals surface area contributed by atoms with Crippen LogP contribution in [0.4, 0.5) is 0 Å². The molecule has 0 saturated heterocycles. The molecule has 2 rings (SSSR count). The van der Waals surface area contributed by atoms with Crippen LogP contribution in [0.5, 0.6) is 17.2 Å². The molecule has 0 atom stereocenters. The normalized spacial score (nSPS) is 10.3. The van der Waals surface area contributed by atoms with Gasteiger partial charge >= 0.3 is 0 Å². The highest BCUT2D eigenvalue weighted by Crippen LogP contribution is 2.31. The van der Waals surface area contributed by atoms with Crippen molar-refractivity contribution >= 4 is 34.8 Å². The maximum absolute atomic E-state index is 9.36. The van der Waals surface area contributed by atoms with Crippen LogP contribution in [0.25, 0.3) is 0 Å². The van der Waals surface area contributed by atoms with Crippen molar-refractivity contribution < 1.29 is 9.84 Å². The summed E-state index contributed by atoms with van der Waals surface area (Å²) in [5.74, 6) is 0.915. The Hall–Kier alpha value is -1.09. The molecule has 2 aromatic rings. The van der Waals surface area contributed by atoms with Crippen molar-refractivity contribution in [3.63, 3.8) is 0 Å². The third-order valence-electron chi connectivity index (χ3n) is 1.93. The largest absolute Gasteiger partial charge is 0.508 e. The Morgan fingerprint density at radius 1 is 0.706 bits per heavy atom. The van der Waals surface area contributed by atoms with Crippen LogP contribution < -0.4 is 4.74 Å². The maximum atomic E-state index is 9.36. The minimum atomic E-state index is 0.0284. The van der Waals surface area contributed by atoms with Gasteiger partial charge < -0.3 is 9.84 Å². The zero-order valence-electron chi connectivity index (χ0n) is 8.45. The minimum Gasteiger partial charge on any atom is -0.508 e. The summed E-state index contributed by atoms with van der Waals surface area (Å²) in [6.45, 7) is 0. The van der Waals surface area contributed by atoms with Crippen LogP contribution >= 0.6 is 34.8 Å². The Bertz CT molecular complexity index is 465. The number of hydrogen-bond acceptors (Lipinski definition) is 2. The molecule has 0 aliphatic rings. The third-order valence-corrected chi connectivity index (χ3v) is 2.58. The summed E-state index contributed by atoms with van der Waals surface area (Å²) in [5, 5.41) is 10.7. The summed E-state index contributed by atoms with van der Waals surface area (Å²) in [5.41, 5.74) is 0. The third kappa shape index (κ3) is 3.43. The molecule has 0 radical (unpaired) electrons. The lowest BCUT2D eigenvalue weighted by atomic mass is 10.3. The van der Waals surface area contributed by atoms with Gasteiger partial charge in [0.05, 0.1) is 0 Å². The van der Waals surface area contributed by atoms with Crippen LogP contribution in [-0.2, 0) is 0 Å². The molecular weight excluding hydrogens is 282 g/mol. The van der Waals surface area contributed by atoms with Crippen molar-refractivity contribution in [2.75, 3.05) is 0 Å². The first-order valence-corrected chi connectivity index (χ1v) is 5.80. The van der Waals surface area contributed by atoms with Gasteiger partial charge in [-0.3, -0.25) is 0 Å². The number of phenols is 1. The maximum Gasteiger partial charge on any atom is 0.132 e. The first kappa shape index (κ1) is 12.4. The van der Waals surface area contributed by atoms with E-state index in [1.807, 2.05) is 0 Å². The molecule has 0 spiro atoms. The van der Waals surface area contributed by atoms with Crippen LogP contribution in [0.3, 0.4) is 0 Å². The lowest BCUT2D eigenvalue weighted by molar-refractivity contribution is 0.455. The van der Waals surface area contributed by atoms with Gasteiger partial charge in [0.25, 0.3) is 0 Å². The van der Waals surface area contributed by atoms with E-state index in [1.165, 1.54) is 12.1 Å². The predicted octanol–water partition coefficient (Wildman–Crippen LogP) is 5.14. The fourth-order valence-corrected chi connectivity index (χ4v) is 2.06. The highest BCUT2D eigenvalue weighted by atomic mass is 35.5. The molecule has 2 nitrogen and oxygen atoms in total. The highest BCUT2D eigenvalue weighted by molar-refractivity contribution is 6.34. The van der Waals surface area contributed by atoms with Crippen molar-refractivity contribution in [1.82, 2.24) is 0 Å². The van der Waals surface area contributed by atoms with Crippen LogP contribution in [0.2, 0.25) is 15.1 Å². The smallest absolute Gasteiger partial charge is 0.132 e. The van der Waals surface area contributed by atoms with E-state index in [1.54, 1.807) is 24.3 Å². The van der Waals surface area contributed by atoms with Gasteiger partial charge in [-0.15, -0.1) is 0 Å². The van der Waals surface area contributed by atoms with E-state index >= 15 is 0 Å². The van der Waals surface area contributed by atoms with Crippen molar-refractivity contribution in [1.29, 1.82) is 0 Å². The summed E-state index contributed by atoms with van der Waals surface area (Å²) in [4.78, 5) is 0. The molecule has 17 heavy (non-hydrogen) atoms. The second-order valence-electron chi connectivity index (χ2n) is 3.35. The molecule has 2 aromatic carbocycles. The lowest BCUT2D eigenvalue weighted by Crippen LogP contribution is -1.84. The summed E-state index contributed by atoms with van der Waals surface area (Å²) < 4.78 is 5.49. The van der Waals surface area contributed by atoms with Crippen LogP contribution in [0.15, 0.2) is 36.4 Å². The molecule has 88 valence electrons. The lowest BCUT2D eigenvalue weighted by Gasteiger charge is -2.07. The average Bonchev–Trinajstić information content (AvgIpc) is 2.13. The van der Waals surface area contributed by atoms with Gasteiger partial charge in [-0.1, -0.05) is 34.8 Å². The molecule has 0 unspecified atom stereocenters. The van der Waals surface area contributed by atoms with Gasteiger partial charge in [0.15, 0.2) is 0 Å². The predicted molar refractivity (Wildman–Crippen MR) is 69.7 cm³/mol. The molecule has 5 heteroatoms. The number of rotatable bonds is 2. The van der Waals surface area contributed by atoms with E-state index in [0.29, 0.717) is 26.6 Å². The van der Waals surface area contributed by atoms with E-state index in [4.69, 9.17) is 39.5 Å². The van der Waals surface area contributed by atoms with E-state index < -0.39 is 0 Å². The molecule has 0 fully saturated rings. The van der Waals surface area contributed by atoms with Gasteiger partial charge in [0.1, 0.15) is 17.2 Å². The minimum absolute atomic E-state index is 0.0284. The average molecular weight is 290 g/mol. The van der Waals surface area contributed by atoms with Gasteiger partial charge in [0.2, 0.25) is 0 Å². The summed E-state index contributed by atoms with van der Waals surface area (Å²) >= 11 is 17.5. The number of hydrogen-bond donors (Lipinski definition) is 1. The fraction of sp³-hybridized carbons (Fsp3) is 0. The van der Waals surface area contributed by atoms with Gasteiger partial charge in [-0.25, -0.2) is 0 Å². The van der Waals surface area contributed by atoms with Crippen molar-refractivity contribution in [3.8, 4) is 17.2 Å². The Morgan fingerprint density at radius 3 is 1.71 bits per heavy atom. The Kier molecular flexibility index (Phi) is 3.67. The highest BCUT2D eigenvalue weighted by Gasteiger charge is 2.03. The quantitative estimate of drug-likeness (QED) is 0.829. The van der Waals surface area contributed by atoms with Gasteiger partial charge in [0, 0.05) is 21.1 Å². The Balaban J connectivity index is 2.31. The molecule has 1 N–H and O–H groups in total. The number of benzene rings is 2. The van der Waals surface area contributed by atoms with E-state index in [9.17, 15) is 5.11 Å². The first-order valence-electron chi connectivity index (χ1n) is 4.66. The molecule has 0 saturated carbocycles. The van der Waals surface area contributed by atoms with Crippen molar-refractivity contribution in [3.05, 3.63) is 51.5 Å². The zero-order valence-corrected chi connectivity index (χ0v) is 10.7. The number of halogens is 3. The van der Waals surface area contributed by atoms with Crippen LogP contribution in [0.1, 0.15) is 0 Å². The number of ether oxygens (including phenoxy) is 1. The second-order valence-corrected chi connectivity index (χ2v) is 4.66. The fourth-order valence-electron chi connectivity index (χ4n) is 1.33. The molecule has 0 aromatic heterocycles. The summed E-state index contributed by atoms with van der Waals surface area (Å²) in [6, 6.07) is 9.28.